The minimum Gasteiger partial charge on any atom is -0.275 e. The molecule has 0 spiro atoms. The Morgan fingerprint density at radius 3 is 2.28 bits per heavy atom. The van der Waals surface area contributed by atoms with Gasteiger partial charge in [-0.25, -0.2) is 5.01 Å². The lowest BCUT2D eigenvalue weighted by Crippen LogP contribution is -2.31. The minimum atomic E-state index is -5.65. The van der Waals surface area contributed by atoms with Crippen LogP contribution in [0.4, 0.5) is 18.9 Å². The van der Waals surface area contributed by atoms with Gasteiger partial charge in [-0.1, -0.05) is 29.3 Å². The number of carbonyl (C=O) groups is 1. The largest absolute Gasteiger partial charge is 0.516 e. The Balaban J connectivity index is 2.49. The molecule has 0 aliphatic rings. The van der Waals surface area contributed by atoms with Gasteiger partial charge in [-0.3, -0.25) is 9.52 Å². The van der Waals surface area contributed by atoms with E-state index in [2.05, 4.69) is 5.10 Å². The van der Waals surface area contributed by atoms with Gasteiger partial charge in [-0.2, -0.15) is 32.0 Å². The van der Waals surface area contributed by atoms with Crippen LogP contribution in [0.1, 0.15) is 40.4 Å². The lowest BCUT2D eigenvalue weighted by atomic mass is 10.1. The van der Waals surface area contributed by atoms with Crippen LogP contribution in [0.2, 0.25) is 0 Å². The number of carbonyl (C=O) groups excluding carboxylic acids is 1. The summed E-state index contributed by atoms with van der Waals surface area (Å²) in [4.78, 5) is 12.9. The maximum atomic E-state index is 12.9. The van der Waals surface area contributed by atoms with Crippen LogP contribution >= 0.6 is 0 Å². The van der Waals surface area contributed by atoms with Crippen LogP contribution in [0.3, 0.4) is 0 Å². The highest BCUT2D eigenvalue weighted by Crippen LogP contribution is 2.28. The third-order valence-electron chi connectivity index (χ3n) is 4.35. The lowest BCUT2D eigenvalue weighted by molar-refractivity contribution is -0.0429. The maximum absolute atomic E-state index is 12.9. The van der Waals surface area contributed by atoms with Crippen molar-refractivity contribution in [2.75, 3.05) is 11.3 Å². The fourth-order valence-corrected chi connectivity index (χ4v) is 3.27. The van der Waals surface area contributed by atoms with Gasteiger partial charge in [0.2, 0.25) is 0 Å². The van der Waals surface area contributed by atoms with Gasteiger partial charge >= 0.3 is 15.5 Å². The molecule has 0 unspecified atom stereocenters. The van der Waals surface area contributed by atoms with E-state index in [4.69, 9.17) is 5.26 Å². The van der Waals surface area contributed by atoms with Gasteiger partial charge in [0, 0.05) is 11.1 Å². The van der Waals surface area contributed by atoms with Crippen LogP contribution in [-0.2, 0) is 10.0 Å². The van der Waals surface area contributed by atoms with Crippen LogP contribution in [0.5, 0.6) is 0 Å². The molecule has 170 valence electrons. The number of anilines is 1. The summed E-state index contributed by atoms with van der Waals surface area (Å²) >= 11 is 0. The highest BCUT2D eigenvalue weighted by atomic mass is 32.2. The number of halogens is 3. The monoisotopic (exact) mass is 466 g/mol. The number of nitrogens with one attached hydrogen (secondary N) is 1. The molecule has 0 atom stereocenters. The second-order valence-electron chi connectivity index (χ2n) is 6.99. The highest BCUT2D eigenvalue weighted by Gasteiger charge is 2.46. The Labute approximate surface area is 184 Å². The van der Waals surface area contributed by atoms with Crippen molar-refractivity contribution in [2.24, 2.45) is 5.10 Å². The molecule has 7 nitrogen and oxygen atoms in total. The molecule has 11 heteroatoms. The maximum Gasteiger partial charge on any atom is 0.516 e. The second kappa shape index (κ2) is 9.82. The van der Waals surface area contributed by atoms with E-state index in [0.717, 1.165) is 10.6 Å². The number of aryl methyl sites for hydroxylation is 2. The van der Waals surface area contributed by atoms with Crippen LogP contribution in [0.15, 0.2) is 47.6 Å². The molecule has 0 heterocycles. The first-order chi connectivity index (χ1) is 14.9. The molecule has 32 heavy (non-hydrogen) atoms. The van der Waals surface area contributed by atoms with Gasteiger partial charge in [0.1, 0.15) is 0 Å². The van der Waals surface area contributed by atoms with Crippen LogP contribution in [0.25, 0.3) is 0 Å². The molecule has 0 saturated carbocycles. The molecule has 1 N–H and O–H groups in total. The quantitative estimate of drug-likeness (QED) is 0.484. The van der Waals surface area contributed by atoms with Gasteiger partial charge in [-0.15, -0.1) is 0 Å². The van der Waals surface area contributed by atoms with Crippen LogP contribution in [0, 0.1) is 25.2 Å². The fourth-order valence-electron chi connectivity index (χ4n) is 2.68. The van der Waals surface area contributed by atoms with Crippen molar-refractivity contribution in [1.29, 1.82) is 5.26 Å². The molecule has 2 aromatic rings. The lowest BCUT2D eigenvalue weighted by Gasteiger charge is -2.19. The van der Waals surface area contributed by atoms with E-state index in [9.17, 15) is 26.4 Å². The fraction of sp³-hybridized carbons (Fsp3) is 0.286. The Kier molecular flexibility index (Phi) is 7.64. The summed E-state index contributed by atoms with van der Waals surface area (Å²) in [6.45, 7) is 4.90. The molecule has 0 fully saturated rings. The topological polar surface area (TPSA) is 103 Å². The third kappa shape index (κ3) is 6.07. The van der Waals surface area contributed by atoms with Crippen LogP contribution < -0.4 is 4.72 Å². The Hall–Kier alpha value is -3.39. The molecule has 1 amide bonds. The van der Waals surface area contributed by atoms with Gasteiger partial charge in [0.25, 0.3) is 5.91 Å². The molecule has 0 saturated heterocycles. The summed E-state index contributed by atoms with van der Waals surface area (Å²) in [6.07, 6.45) is -0.0320. The number of hydrogen-bond donors (Lipinski definition) is 1. The number of sulfonamides is 1. The SMILES string of the molecule is C/C(=N\N(CCC#N)C(=O)c1ccc(C)cc1)c1cc(C)ccc1NS(=O)(=O)C(F)(F)F. The predicted molar refractivity (Wildman–Crippen MR) is 114 cm³/mol. The van der Waals surface area contributed by atoms with Crippen molar-refractivity contribution in [3.8, 4) is 6.07 Å². The number of hydrazone groups is 1. The number of nitriles is 1. The summed E-state index contributed by atoms with van der Waals surface area (Å²) < 4.78 is 63.2. The standard InChI is InChI=1S/C21H21F3N4O3S/c1-14-5-8-17(9-6-14)20(29)28(12-4-11-25)26-16(3)18-13-15(2)7-10-19(18)27-32(30,31)21(22,23)24/h5-10,13,27H,4,12H2,1-3H3/b26-16+. The first-order valence-corrected chi connectivity index (χ1v) is 10.8. The summed E-state index contributed by atoms with van der Waals surface area (Å²) in [6, 6.07) is 12.6. The Morgan fingerprint density at radius 1 is 1.12 bits per heavy atom. The summed E-state index contributed by atoms with van der Waals surface area (Å²) in [5.41, 5.74) is -3.79. The van der Waals surface area contributed by atoms with Gasteiger partial charge in [0.05, 0.1) is 30.4 Å². The van der Waals surface area contributed by atoms with E-state index < -0.39 is 21.4 Å². The Morgan fingerprint density at radius 2 is 1.72 bits per heavy atom. The molecular formula is C21H21F3N4O3S. The molecular weight excluding hydrogens is 445 g/mol. The van der Waals surface area contributed by atoms with E-state index >= 15 is 0 Å². The van der Waals surface area contributed by atoms with E-state index in [1.54, 1.807) is 31.2 Å². The molecule has 0 aromatic heterocycles. The van der Waals surface area contributed by atoms with Gasteiger partial charge in [0.15, 0.2) is 0 Å². The van der Waals surface area contributed by atoms with Gasteiger partial charge < -0.3 is 0 Å². The van der Waals surface area contributed by atoms with Crippen molar-refractivity contribution in [2.45, 2.75) is 32.7 Å². The van der Waals surface area contributed by atoms with E-state index in [1.807, 2.05) is 13.0 Å². The zero-order chi connectivity index (χ0) is 24.1. The van der Waals surface area contributed by atoms with E-state index in [-0.39, 0.29) is 29.9 Å². The predicted octanol–water partition coefficient (Wildman–Crippen LogP) is 4.35. The second-order valence-corrected chi connectivity index (χ2v) is 8.66. The normalized spacial score (nSPS) is 12.2. The smallest absolute Gasteiger partial charge is 0.275 e. The molecule has 2 rings (SSSR count). The van der Waals surface area contributed by atoms with Crippen molar-refractivity contribution in [1.82, 2.24) is 5.01 Å². The Bertz CT molecular complexity index is 1170. The molecule has 0 aliphatic heterocycles. The summed E-state index contributed by atoms with van der Waals surface area (Å²) in [5, 5.41) is 14.2. The molecule has 0 bridgehead atoms. The number of nitrogens with zero attached hydrogens (tertiary/aromatic N) is 3. The van der Waals surface area contributed by atoms with Crippen molar-refractivity contribution >= 4 is 27.3 Å². The number of rotatable bonds is 7. The zero-order valence-electron chi connectivity index (χ0n) is 17.6. The summed E-state index contributed by atoms with van der Waals surface area (Å²) in [7, 11) is -5.65. The number of benzene rings is 2. The molecule has 0 aliphatic carbocycles. The average molecular weight is 466 g/mol. The summed E-state index contributed by atoms with van der Waals surface area (Å²) in [5.74, 6) is -0.510. The number of hydrogen-bond acceptors (Lipinski definition) is 5. The molecule has 2 aromatic carbocycles. The van der Waals surface area contributed by atoms with Crippen molar-refractivity contribution < 1.29 is 26.4 Å². The number of amides is 1. The van der Waals surface area contributed by atoms with Crippen molar-refractivity contribution in [3.05, 3.63) is 64.7 Å². The first-order valence-electron chi connectivity index (χ1n) is 9.36. The zero-order valence-corrected chi connectivity index (χ0v) is 18.4. The van der Waals surface area contributed by atoms with E-state index in [1.165, 1.54) is 29.8 Å². The third-order valence-corrected chi connectivity index (χ3v) is 5.45. The number of alkyl halides is 3. The van der Waals surface area contributed by atoms with E-state index in [0.29, 0.717) is 11.1 Å². The first kappa shape index (κ1) is 24.9. The van der Waals surface area contributed by atoms with Crippen LogP contribution in [-0.4, -0.2) is 37.1 Å². The minimum absolute atomic E-state index is 0.0320. The average Bonchev–Trinajstić information content (AvgIpc) is 2.71. The highest BCUT2D eigenvalue weighted by molar-refractivity contribution is 7.93. The van der Waals surface area contributed by atoms with Crippen molar-refractivity contribution in [3.63, 3.8) is 0 Å². The molecule has 0 radical (unpaired) electrons. The van der Waals surface area contributed by atoms with Gasteiger partial charge in [-0.05, 0) is 45.0 Å².